The molecule has 4 heteroatoms. The third-order valence-electron chi connectivity index (χ3n) is 6.46. The van der Waals surface area contributed by atoms with Gasteiger partial charge in [0.25, 0.3) is 0 Å². The highest BCUT2D eigenvalue weighted by Crippen LogP contribution is 2.33. The van der Waals surface area contributed by atoms with E-state index in [1.165, 1.54) is 32.1 Å². The second kappa shape index (κ2) is 9.30. The Hall–Kier alpha value is -1.87. The summed E-state index contributed by atoms with van der Waals surface area (Å²) in [5.41, 5.74) is 5.60. The van der Waals surface area contributed by atoms with Crippen molar-refractivity contribution in [2.45, 2.75) is 78.2 Å². The van der Waals surface area contributed by atoms with E-state index in [0.29, 0.717) is 35.9 Å². The topological polar surface area (TPSA) is 37.4 Å². The molecule has 1 fully saturated rings. The van der Waals surface area contributed by atoms with Gasteiger partial charge in [-0.2, -0.15) is 0 Å². The van der Waals surface area contributed by atoms with E-state index in [1.54, 1.807) is 6.07 Å². The molecule has 0 bridgehead atoms. The summed E-state index contributed by atoms with van der Waals surface area (Å²) in [7, 11) is 2.12. The highest BCUT2D eigenvalue weighted by Gasteiger charge is 2.23. The minimum atomic E-state index is 0.0580. The lowest BCUT2D eigenvalue weighted by molar-refractivity contribution is -0.115. The van der Waals surface area contributed by atoms with Gasteiger partial charge in [-0.1, -0.05) is 42.5 Å². The monoisotopic (exact) mass is 413 g/mol. The fraction of sp³-hybridized carbons (Fsp3) is 0.520. The Morgan fingerprint density at radius 2 is 1.83 bits per heavy atom. The van der Waals surface area contributed by atoms with Crippen LogP contribution in [0.4, 0.5) is 5.69 Å². The summed E-state index contributed by atoms with van der Waals surface area (Å²) in [5.74, 6) is 0.207. The number of anilines is 1. The van der Waals surface area contributed by atoms with Gasteiger partial charge in [0, 0.05) is 42.2 Å². The zero-order valence-corrected chi connectivity index (χ0v) is 18.9. The minimum Gasteiger partial charge on any atom is -0.371 e. The first kappa shape index (κ1) is 21.8. The molecule has 0 amide bonds. The van der Waals surface area contributed by atoms with Crippen molar-refractivity contribution in [2.75, 3.05) is 11.9 Å². The van der Waals surface area contributed by atoms with Crippen LogP contribution in [-0.4, -0.2) is 24.7 Å². The average molecular weight is 414 g/mol. The second-order valence-electron chi connectivity index (χ2n) is 8.68. The van der Waals surface area contributed by atoms with Crippen LogP contribution in [0.15, 0.2) is 34.9 Å². The predicted molar refractivity (Wildman–Crippen MR) is 121 cm³/mol. The maximum Gasteiger partial charge on any atom is 0.163 e. The van der Waals surface area contributed by atoms with Crippen LogP contribution >= 0.6 is 11.6 Å². The molecule has 0 saturated heterocycles. The third-order valence-corrected chi connectivity index (χ3v) is 6.68. The van der Waals surface area contributed by atoms with Crippen molar-refractivity contribution in [3.8, 4) is 0 Å². The Kier molecular flexibility index (Phi) is 7.00. The van der Waals surface area contributed by atoms with Crippen LogP contribution in [0.5, 0.6) is 0 Å². The maximum absolute atomic E-state index is 13.1. The number of halogens is 1. The third kappa shape index (κ3) is 5.01. The van der Waals surface area contributed by atoms with Crippen LogP contribution in [0.3, 0.4) is 0 Å². The summed E-state index contributed by atoms with van der Waals surface area (Å²) >= 11 is 6.41. The molecule has 0 heterocycles. The summed E-state index contributed by atoms with van der Waals surface area (Å²) in [4.78, 5) is 27.7. The van der Waals surface area contributed by atoms with Gasteiger partial charge in [-0.3, -0.25) is 9.59 Å². The van der Waals surface area contributed by atoms with Gasteiger partial charge < -0.3 is 4.90 Å². The van der Waals surface area contributed by atoms with E-state index in [4.69, 9.17) is 11.6 Å². The fourth-order valence-electron chi connectivity index (χ4n) is 4.78. The number of hydrogen-bond donors (Lipinski definition) is 0. The molecule has 3 rings (SSSR count). The molecular formula is C25H32ClNO2. The summed E-state index contributed by atoms with van der Waals surface area (Å²) in [6.45, 7) is 5.95. The number of nitrogens with zero attached hydrogens (tertiary/aromatic N) is 1. The SMILES string of the molecule is CC1=CC(C)=C(CCC(=O)c2cc(Cl)cc(N(C)C3CCCCC3)c2C)C(=O)C1. The highest BCUT2D eigenvalue weighted by molar-refractivity contribution is 6.31. The van der Waals surface area contributed by atoms with Crippen LogP contribution in [0.25, 0.3) is 0 Å². The Balaban J connectivity index is 1.79. The molecule has 0 aliphatic heterocycles. The molecule has 0 radical (unpaired) electrons. The molecule has 0 N–H and O–H groups in total. The van der Waals surface area contributed by atoms with Crippen LogP contribution in [0.2, 0.25) is 5.02 Å². The number of hydrogen-bond acceptors (Lipinski definition) is 3. The Labute approximate surface area is 179 Å². The van der Waals surface area contributed by atoms with E-state index < -0.39 is 0 Å². The molecular weight excluding hydrogens is 382 g/mol. The number of ketones is 2. The Morgan fingerprint density at radius 1 is 1.14 bits per heavy atom. The number of rotatable bonds is 6. The van der Waals surface area contributed by atoms with Gasteiger partial charge in [0.15, 0.2) is 11.6 Å². The lowest BCUT2D eigenvalue weighted by atomic mass is 9.88. The Morgan fingerprint density at radius 3 is 2.48 bits per heavy atom. The van der Waals surface area contributed by atoms with Crippen LogP contribution in [0, 0.1) is 6.92 Å². The number of carbonyl (C=O) groups excluding carboxylic acids is 2. The summed E-state index contributed by atoms with van der Waals surface area (Å²) in [5, 5.41) is 0.597. The van der Waals surface area contributed by atoms with Crippen molar-refractivity contribution in [2.24, 2.45) is 0 Å². The first-order valence-electron chi connectivity index (χ1n) is 10.7. The number of benzene rings is 1. The summed E-state index contributed by atoms with van der Waals surface area (Å²) in [6, 6.07) is 4.27. The number of allylic oxidation sites excluding steroid dienone is 4. The molecule has 2 aliphatic carbocycles. The average Bonchev–Trinajstić information content (AvgIpc) is 2.68. The van der Waals surface area contributed by atoms with E-state index >= 15 is 0 Å². The van der Waals surface area contributed by atoms with E-state index in [1.807, 2.05) is 26.8 Å². The van der Waals surface area contributed by atoms with Crippen molar-refractivity contribution in [3.05, 3.63) is 51.1 Å². The van der Waals surface area contributed by atoms with Crippen LogP contribution in [0.1, 0.15) is 81.1 Å². The van der Waals surface area contributed by atoms with Gasteiger partial charge in [0.1, 0.15) is 0 Å². The number of carbonyl (C=O) groups is 2. The first-order chi connectivity index (χ1) is 13.8. The van der Waals surface area contributed by atoms with E-state index in [-0.39, 0.29) is 11.6 Å². The maximum atomic E-state index is 13.1. The Bertz CT molecular complexity index is 875. The fourth-order valence-corrected chi connectivity index (χ4v) is 5.00. The van der Waals surface area contributed by atoms with Gasteiger partial charge in [0.05, 0.1) is 0 Å². The van der Waals surface area contributed by atoms with E-state index in [0.717, 1.165) is 28.0 Å². The van der Waals surface area contributed by atoms with Crippen molar-refractivity contribution in [1.82, 2.24) is 0 Å². The minimum absolute atomic E-state index is 0.0580. The van der Waals surface area contributed by atoms with Crippen molar-refractivity contribution in [1.29, 1.82) is 0 Å². The molecule has 156 valence electrons. The van der Waals surface area contributed by atoms with Crippen molar-refractivity contribution in [3.63, 3.8) is 0 Å². The van der Waals surface area contributed by atoms with Gasteiger partial charge in [0.2, 0.25) is 0 Å². The highest BCUT2D eigenvalue weighted by atomic mass is 35.5. The van der Waals surface area contributed by atoms with Gasteiger partial charge in [-0.25, -0.2) is 0 Å². The van der Waals surface area contributed by atoms with Crippen molar-refractivity contribution >= 4 is 28.9 Å². The quantitative estimate of drug-likeness (QED) is 0.492. The lowest BCUT2D eigenvalue weighted by Crippen LogP contribution is -2.34. The van der Waals surface area contributed by atoms with Crippen LogP contribution in [-0.2, 0) is 4.79 Å². The predicted octanol–water partition coefficient (Wildman–Crippen LogP) is 6.62. The van der Waals surface area contributed by atoms with E-state index in [9.17, 15) is 9.59 Å². The second-order valence-corrected chi connectivity index (χ2v) is 9.11. The molecule has 29 heavy (non-hydrogen) atoms. The zero-order valence-electron chi connectivity index (χ0n) is 18.1. The molecule has 1 saturated carbocycles. The first-order valence-corrected chi connectivity index (χ1v) is 11.1. The summed E-state index contributed by atoms with van der Waals surface area (Å²) in [6.07, 6.45) is 9.56. The molecule has 2 aliphatic rings. The molecule has 0 unspecified atom stereocenters. The standard InChI is InChI=1S/C25H32ClNO2/c1-16-12-17(2)21(25(29)13-16)10-11-24(28)22-14-19(26)15-23(18(22)3)27(4)20-8-6-5-7-9-20/h12,14-15,20H,5-11,13H2,1-4H3. The molecule has 1 aromatic carbocycles. The van der Waals surface area contributed by atoms with E-state index in [2.05, 4.69) is 18.0 Å². The van der Waals surface area contributed by atoms with Crippen molar-refractivity contribution < 1.29 is 9.59 Å². The lowest BCUT2D eigenvalue weighted by Gasteiger charge is -2.34. The van der Waals surface area contributed by atoms with Gasteiger partial charge in [-0.05, 0) is 68.9 Å². The molecule has 1 aromatic rings. The summed E-state index contributed by atoms with van der Waals surface area (Å²) < 4.78 is 0. The zero-order chi connectivity index (χ0) is 21.1. The number of Topliss-reactive ketones (excluding diaryl/α,β-unsaturated/α-hetero) is 2. The van der Waals surface area contributed by atoms with Gasteiger partial charge >= 0.3 is 0 Å². The molecule has 3 nitrogen and oxygen atoms in total. The largest absolute Gasteiger partial charge is 0.371 e. The smallest absolute Gasteiger partial charge is 0.163 e. The molecule has 0 aromatic heterocycles. The normalized spacial score (nSPS) is 18.1. The molecule has 0 spiro atoms. The van der Waals surface area contributed by atoms with Gasteiger partial charge in [-0.15, -0.1) is 0 Å². The van der Waals surface area contributed by atoms with Crippen LogP contribution < -0.4 is 4.90 Å². The molecule has 0 atom stereocenters.